The van der Waals surface area contributed by atoms with Crippen molar-refractivity contribution in [2.45, 2.75) is 39.3 Å². The van der Waals surface area contributed by atoms with Gasteiger partial charge in [-0.25, -0.2) is 9.97 Å². The van der Waals surface area contributed by atoms with Crippen LogP contribution in [0.2, 0.25) is 0 Å². The Bertz CT molecular complexity index is 478. The van der Waals surface area contributed by atoms with Crippen LogP contribution >= 0.6 is 0 Å². The van der Waals surface area contributed by atoms with Crippen LogP contribution in [0.15, 0.2) is 0 Å². The molecule has 0 atom stereocenters. The van der Waals surface area contributed by atoms with Crippen molar-refractivity contribution in [2.24, 2.45) is 0 Å². The number of nitrogens with one attached hydrogen (secondary N) is 1. The molecule has 1 heterocycles. The van der Waals surface area contributed by atoms with Crippen molar-refractivity contribution in [3.05, 3.63) is 11.4 Å². The van der Waals surface area contributed by atoms with Gasteiger partial charge in [-0.2, -0.15) is 13.2 Å². The van der Waals surface area contributed by atoms with Crippen LogP contribution in [-0.2, 0) is 5.41 Å². The zero-order valence-electron chi connectivity index (χ0n) is 12.7. The third-order valence-corrected chi connectivity index (χ3v) is 2.81. The maximum Gasteiger partial charge on any atom is 0.405 e. The average Bonchev–Trinajstić information content (AvgIpc) is 2.25. The number of aromatic nitrogens is 2. The molecule has 0 radical (unpaired) electrons. The van der Waals surface area contributed by atoms with Crippen LogP contribution in [0.3, 0.4) is 0 Å². The topological polar surface area (TPSA) is 41.1 Å². The summed E-state index contributed by atoms with van der Waals surface area (Å²) in [5.74, 6) is 1.36. The van der Waals surface area contributed by atoms with E-state index in [1.807, 2.05) is 20.8 Å². The number of alkyl halides is 3. The summed E-state index contributed by atoms with van der Waals surface area (Å²) in [4.78, 5) is 9.79. The lowest BCUT2D eigenvalue weighted by Gasteiger charge is -2.26. The molecule has 1 N–H and O–H groups in total. The Kier molecular flexibility index (Phi) is 4.51. The van der Waals surface area contributed by atoms with Gasteiger partial charge in [0.15, 0.2) is 0 Å². The zero-order valence-corrected chi connectivity index (χ0v) is 12.7. The Labute approximate surface area is 117 Å². The molecule has 0 aliphatic heterocycles. The normalized spacial score (nSPS) is 12.4. The first-order valence-corrected chi connectivity index (χ1v) is 6.30. The highest BCUT2D eigenvalue weighted by atomic mass is 19.4. The largest absolute Gasteiger partial charge is 0.405 e. The quantitative estimate of drug-likeness (QED) is 0.928. The zero-order chi connectivity index (χ0) is 15.7. The SMILES string of the molecule is CNc1nc(C(C)(C)C)nc(N(C)CC(F)(F)F)c1C. The standard InChI is InChI=1S/C13H21F3N4/c1-8-9(17-5)18-11(12(2,3)4)19-10(8)20(6)7-13(14,15)16/h7H2,1-6H3,(H,17,18,19). The van der Waals surface area contributed by atoms with Crippen molar-refractivity contribution in [1.29, 1.82) is 0 Å². The predicted molar refractivity (Wildman–Crippen MR) is 74.3 cm³/mol. The van der Waals surface area contributed by atoms with Crippen molar-refractivity contribution in [3.8, 4) is 0 Å². The molecule has 0 saturated carbocycles. The second-order valence-corrected chi connectivity index (χ2v) is 5.82. The van der Waals surface area contributed by atoms with Crippen LogP contribution in [0.25, 0.3) is 0 Å². The van der Waals surface area contributed by atoms with Crippen LogP contribution in [0.5, 0.6) is 0 Å². The van der Waals surface area contributed by atoms with Crippen LogP contribution in [-0.4, -0.2) is 36.8 Å². The van der Waals surface area contributed by atoms with E-state index in [0.717, 1.165) is 4.90 Å². The number of hydrogen-bond donors (Lipinski definition) is 1. The summed E-state index contributed by atoms with van der Waals surface area (Å²) in [5, 5.41) is 2.91. The van der Waals surface area contributed by atoms with E-state index in [9.17, 15) is 13.2 Å². The smallest absolute Gasteiger partial charge is 0.373 e. The molecule has 1 aromatic rings. The van der Waals surface area contributed by atoms with Crippen molar-refractivity contribution >= 4 is 11.6 Å². The highest BCUT2D eigenvalue weighted by molar-refractivity contribution is 5.58. The first kappa shape index (κ1) is 16.5. The Balaban J connectivity index is 3.31. The molecule has 0 bridgehead atoms. The monoisotopic (exact) mass is 290 g/mol. The van der Waals surface area contributed by atoms with E-state index in [-0.39, 0.29) is 5.41 Å². The molecule has 0 spiro atoms. The molecular weight excluding hydrogens is 269 g/mol. The van der Waals surface area contributed by atoms with Crippen LogP contribution in [0.4, 0.5) is 24.8 Å². The van der Waals surface area contributed by atoms with E-state index >= 15 is 0 Å². The fraction of sp³-hybridized carbons (Fsp3) is 0.692. The molecular formula is C13H21F3N4. The van der Waals surface area contributed by atoms with Crippen LogP contribution < -0.4 is 10.2 Å². The maximum atomic E-state index is 12.5. The molecule has 0 aliphatic carbocycles. The number of nitrogens with zero attached hydrogens (tertiary/aromatic N) is 3. The van der Waals surface area contributed by atoms with Gasteiger partial charge < -0.3 is 10.2 Å². The van der Waals surface area contributed by atoms with Crippen LogP contribution in [0.1, 0.15) is 32.2 Å². The van der Waals surface area contributed by atoms with Crippen molar-refractivity contribution in [2.75, 3.05) is 30.9 Å². The number of hydrogen-bond acceptors (Lipinski definition) is 4. The summed E-state index contributed by atoms with van der Waals surface area (Å²) in [7, 11) is 3.07. The van der Waals surface area contributed by atoms with E-state index in [1.165, 1.54) is 7.05 Å². The lowest BCUT2D eigenvalue weighted by Crippen LogP contribution is -2.33. The molecule has 0 aromatic carbocycles. The molecule has 1 rings (SSSR count). The van der Waals surface area contributed by atoms with Crippen LogP contribution in [0, 0.1) is 6.92 Å². The first-order valence-electron chi connectivity index (χ1n) is 6.30. The molecule has 1 aromatic heterocycles. The van der Waals surface area contributed by atoms with Crippen molar-refractivity contribution in [1.82, 2.24) is 9.97 Å². The summed E-state index contributed by atoms with van der Waals surface area (Å²) in [6.45, 7) is 6.43. The van der Waals surface area contributed by atoms with Gasteiger partial charge in [0, 0.05) is 25.1 Å². The Morgan fingerprint density at radius 2 is 1.70 bits per heavy atom. The van der Waals surface area contributed by atoms with Gasteiger partial charge in [-0.15, -0.1) is 0 Å². The maximum absolute atomic E-state index is 12.5. The van der Waals surface area contributed by atoms with Gasteiger partial charge in [0.25, 0.3) is 0 Å². The van der Waals surface area contributed by atoms with Crippen molar-refractivity contribution < 1.29 is 13.2 Å². The fourth-order valence-corrected chi connectivity index (χ4v) is 1.80. The second kappa shape index (κ2) is 5.46. The fourth-order valence-electron chi connectivity index (χ4n) is 1.80. The minimum absolute atomic E-state index is 0.298. The highest BCUT2D eigenvalue weighted by Crippen LogP contribution is 2.29. The molecule has 0 fully saturated rings. The molecule has 0 unspecified atom stereocenters. The third-order valence-electron chi connectivity index (χ3n) is 2.81. The first-order chi connectivity index (χ1) is 8.95. The minimum Gasteiger partial charge on any atom is -0.373 e. The second-order valence-electron chi connectivity index (χ2n) is 5.82. The molecule has 114 valence electrons. The minimum atomic E-state index is -4.27. The lowest BCUT2D eigenvalue weighted by molar-refractivity contribution is -0.119. The Morgan fingerprint density at radius 3 is 2.10 bits per heavy atom. The van der Waals surface area contributed by atoms with E-state index in [4.69, 9.17) is 0 Å². The van der Waals surface area contributed by atoms with E-state index in [0.29, 0.717) is 23.0 Å². The van der Waals surface area contributed by atoms with Crippen molar-refractivity contribution in [3.63, 3.8) is 0 Å². The van der Waals surface area contributed by atoms with Gasteiger partial charge in [0.2, 0.25) is 0 Å². The molecule has 0 aliphatic rings. The van der Waals surface area contributed by atoms with E-state index in [1.54, 1.807) is 14.0 Å². The molecule has 7 heteroatoms. The van der Waals surface area contributed by atoms with Gasteiger partial charge in [0.05, 0.1) is 0 Å². The molecule has 0 amide bonds. The molecule has 4 nitrogen and oxygen atoms in total. The molecule has 20 heavy (non-hydrogen) atoms. The van der Waals surface area contributed by atoms with Gasteiger partial charge in [0.1, 0.15) is 24.0 Å². The summed E-state index contributed by atoms with van der Waals surface area (Å²) < 4.78 is 37.6. The van der Waals surface area contributed by atoms with Gasteiger partial charge in [-0.1, -0.05) is 20.8 Å². The average molecular weight is 290 g/mol. The molecule has 0 saturated heterocycles. The summed E-state index contributed by atoms with van der Waals surface area (Å²) in [6.07, 6.45) is -4.27. The summed E-state index contributed by atoms with van der Waals surface area (Å²) in [6, 6.07) is 0. The summed E-state index contributed by atoms with van der Waals surface area (Å²) >= 11 is 0. The van der Waals surface area contributed by atoms with Gasteiger partial charge in [-0.05, 0) is 6.92 Å². The third kappa shape index (κ3) is 3.98. The number of anilines is 2. The lowest BCUT2D eigenvalue weighted by atomic mass is 9.95. The number of halogens is 3. The van der Waals surface area contributed by atoms with E-state index < -0.39 is 12.7 Å². The number of rotatable bonds is 3. The predicted octanol–water partition coefficient (Wildman–Crippen LogP) is 3.12. The highest BCUT2D eigenvalue weighted by Gasteiger charge is 2.31. The Hall–Kier alpha value is -1.53. The van der Waals surface area contributed by atoms with Gasteiger partial charge in [-0.3, -0.25) is 0 Å². The van der Waals surface area contributed by atoms with Gasteiger partial charge >= 0.3 is 6.18 Å². The van der Waals surface area contributed by atoms with E-state index in [2.05, 4.69) is 15.3 Å². The Morgan fingerprint density at radius 1 is 1.15 bits per heavy atom. The summed E-state index contributed by atoms with van der Waals surface area (Å²) in [5.41, 5.74) is 0.264.